The van der Waals surface area contributed by atoms with Crippen LogP contribution in [0.15, 0.2) is 36.4 Å². The van der Waals surface area contributed by atoms with Crippen LogP contribution in [0.5, 0.6) is 11.5 Å². The van der Waals surface area contributed by atoms with E-state index in [0.717, 1.165) is 63.9 Å². The molecule has 0 saturated carbocycles. The van der Waals surface area contributed by atoms with Gasteiger partial charge in [-0.15, -0.1) is 0 Å². The van der Waals surface area contributed by atoms with Crippen molar-refractivity contribution in [2.75, 3.05) is 14.2 Å². The standard InChI is InChI=1S/C22H21N3O2/c1-4-5-6-20-18(13-23)17-11-14(26-2)7-9-16(17)22-24-19-10-8-15(27-3)12-21(19)25(20)22/h7-12H,4-6H2,1-3H3. The third-order valence-electron chi connectivity index (χ3n) is 5.04. The molecule has 136 valence electrons. The van der Waals surface area contributed by atoms with Crippen molar-refractivity contribution in [3.8, 4) is 17.6 Å². The first-order chi connectivity index (χ1) is 13.2. The van der Waals surface area contributed by atoms with Gasteiger partial charge in [-0.1, -0.05) is 13.3 Å². The Kier molecular flexibility index (Phi) is 4.33. The fraction of sp³-hybridized carbons (Fsp3) is 0.273. The van der Waals surface area contributed by atoms with Crippen LogP contribution in [-0.2, 0) is 6.42 Å². The highest BCUT2D eigenvalue weighted by atomic mass is 16.5. The Morgan fingerprint density at radius 2 is 1.78 bits per heavy atom. The molecule has 0 bridgehead atoms. The molecule has 27 heavy (non-hydrogen) atoms. The van der Waals surface area contributed by atoms with Gasteiger partial charge in [-0.3, -0.25) is 4.40 Å². The number of nitrogens with zero attached hydrogens (tertiary/aromatic N) is 3. The van der Waals surface area contributed by atoms with Crippen molar-refractivity contribution in [1.29, 1.82) is 5.26 Å². The van der Waals surface area contributed by atoms with Crippen molar-refractivity contribution >= 4 is 27.5 Å². The quantitative estimate of drug-likeness (QED) is 0.510. The van der Waals surface area contributed by atoms with E-state index in [1.165, 1.54) is 0 Å². The normalized spacial score (nSPS) is 11.2. The van der Waals surface area contributed by atoms with Crippen LogP contribution < -0.4 is 9.47 Å². The molecule has 2 heterocycles. The minimum absolute atomic E-state index is 0.687. The van der Waals surface area contributed by atoms with E-state index in [0.29, 0.717) is 5.56 Å². The Morgan fingerprint density at radius 3 is 2.48 bits per heavy atom. The van der Waals surface area contributed by atoms with E-state index in [-0.39, 0.29) is 0 Å². The predicted molar refractivity (Wildman–Crippen MR) is 107 cm³/mol. The van der Waals surface area contributed by atoms with Crippen molar-refractivity contribution in [1.82, 2.24) is 9.38 Å². The van der Waals surface area contributed by atoms with Gasteiger partial charge in [0.1, 0.15) is 23.2 Å². The molecule has 0 atom stereocenters. The fourth-order valence-electron chi connectivity index (χ4n) is 3.66. The van der Waals surface area contributed by atoms with E-state index >= 15 is 0 Å². The summed E-state index contributed by atoms with van der Waals surface area (Å²) >= 11 is 0. The van der Waals surface area contributed by atoms with Crippen molar-refractivity contribution in [2.45, 2.75) is 26.2 Å². The van der Waals surface area contributed by atoms with Gasteiger partial charge in [0.2, 0.25) is 0 Å². The number of methoxy groups -OCH3 is 2. The van der Waals surface area contributed by atoms with Gasteiger partial charge in [-0.25, -0.2) is 4.98 Å². The minimum atomic E-state index is 0.687. The molecule has 0 aliphatic heterocycles. The number of rotatable bonds is 5. The summed E-state index contributed by atoms with van der Waals surface area (Å²) in [6, 6.07) is 14.1. The fourth-order valence-corrected chi connectivity index (χ4v) is 3.66. The highest BCUT2D eigenvalue weighted by molar-refractivity contribution is 6.02. The highest BCUT2D eigenvalue weighted by Gasteiger charge is 2.19. The third kappa shape index (κ3) is 2.65. The molecule has 5 nitrogen and oxygen atoms in total. The van der Waals surface area contributed by atoms with E-state index in [1.54, 1.807) is 14.2 Å². The van der Waals surface area contributed by atoms with E-state index in [2.05, 4.69) is 17.4 Å². The van der Waals surface area contributed by atoms with Gasteiger partial charge in [0.05, 0.1) is 30.8 Å². The van der Waals surface area contributed by atoms with E-state index in [4.69, 9.17) is 14.5 Å². The lowest BCUT2D eigenvalue weighted by Crippen LogP contribution is -2.03. The van der Waals surface area contributed by atoms with Crippen LogP contribution in [0.4, 0.5) is 0 Å². The van der Waals surface area contributed by atoms with Gasteiger partial charge >= 0.3 is 0 Å². The average molecular weight is 359 g/mol. The predicted octanol–water partition coefficient (Wildman–Crippen LogP) is 4.87. The summed E-state index contributed by atoms with van der Waals surface area (Å²) in [5.41, 5.74) is 4.39. The van der Waals surface area contributed by atoms with Crippen LogP contribution in [0, 0.1) is 11.3 Å². The van der Waals surface area contributed by atoms with E-state index in [1.807, 2.05) is 36.4 Å². The molecule has 4 aromatic rings. The van der Waals surface area contributed by atoms with Crippen LogP contribution in [0.25, 0.3) is 27.5 Å². The van der Waals surface area contributed by atoms with Gasteiger partial charge in [-0.2, -0.15) is 5.26 Å². The second-order valence-corrected chi connectivity index (χ2v) is 6.57. The topological polar surface area (TPSA) is 59.5 Å². The summed E-state index contributed by atoms with van der Waals surface area (Å²) < 4.78 is 12.9. The second-order valence-electron chi connectivity index (χ2n) is 6.57. The van der Waals surface area contributed by atoms with Crippen molar-refractivity contribution in [2.24, 2.45) is 0 Å². The molecule has 0 aliphatic rings. The number of ether oxygens (including phenoxy) is 2. The van der Waals surface area contributed by atoms with Gasteiger partial charge in [-0.05, 0) is 43.2 Å². The zero-order valence-corrected chi connectivity index (χ0v) is 15.7. The molecular formula is C22H21N3O2. The second kappa shape index (κ2) is 6.81. The molecule has 2 aromatic carbocycles. The zero-order valence-electron chi connectivity index (χ0n) is 15.7. The maximum absolute atomic E-state index is 10.00. The molecule has 4 rings (SSSR count). The van der Waals surface area contributed by atoms with E-state index in [9.17, 15) is 5.26 Å². The number of pyridine rings is 1. The van der Waals surface area contributed by atoms with Crippen LogP contribution in [-0.4, -0.2) is 23.6 Å². The molecule has 0 N–H and O–H groups in total. The number of aryl methyl sites for hydroxylation is 1. The average Bonchev–Trinajstić information content (AvgIpc) is 3.09. The van der Waals surface area contributed by atoms with Gasteiger partial charge in [0.25, 0.3) is 0 Å². The molecule has 5 heteroatoms. The summed E-state index contributed by atoms with van der Waals surface area (Å²) in [5, 5.41) is 11.8. The molecule has 0 fully saturated rings. The Morgan fingerprint density at radius 1 is 1.04 bits per heavy atom. The third-order valence-corrected chi connectivity index (χ3v) is 5.04. The number of unbranched alkanes of at least 4 members (excludes halogenated alkanes) is 1. The lowest BCUT2D eigenvalue weighted by molar-refractivity contribution is 0.415. The summed E-state index contributed by atoms with van der Waals surface area (Å²) in [6.45, 7) is 2.16. The van der Waals surface area contributed by atoms with Crippen LogP contribution in [0.2, 0.25) is 0 Å². The number of nitriles is 1. The Balaban J connectivity index is 2.21. The van der Waals surface area contributed by atoms with Gasteiger partial charge in [0, 0.05) is 22.5 Å². The highest BCUT2D eigenvalue weighted by Crippen LogP contribution is 2.34. The molecule has 0 saturated heterocycles. The Bertz CT molecular complexity index is 1200. The maximum atomic E-state index is 10.00. The SMILES string of the molecule is CCCCc1c(C#N)c2cc(OC)ccc2c2nc3ccc(OC)cc3n12. The summed E-state index contributed by atoms with van der Waals surface area (Å²) in [5.74, 6) is 1.52. The molecule has 0 amide bonds. The van der Waals surface area contributed by atoms with Crippen molar-refractivity contribution in [3.05, 3.63) is 47.7 Å². The minimum Gasteiger partial charge on any atom is -0.497 e. The van der Waals surface area contributed by atoms with E-state index < -0.39 is 0 Å². The first-order valence-corrected chi connectivity index (χ1v) is 9.10. The number of benzene rings is 2. The maximum Gasteiger partial charge on any atom is 0.146 e. The van der Waals surface area contributed by atoms with Crippen molar-refractivity contribution in [3.63, 3.8) is 0 Å². The largest absolute Gasteiger partial charge is 0.497 e. The van der Waals surface area contributed by atoms with Crippen molar-refractivity contribution < 1.29 is 9.47 Å². The van der Waals surface area contributed by atoms with Crippen LogP contribution >= 0.6 is 0 Å². The molecule has 2 aromatic heterocycles. The lowest BCUT2D eigenvalue weighted by Gasteiger charge is -2.13. The number of hydrogen-bond acceptors (Lipinski definition) is 4. The number of aromatic nitrogens is 2. The molecule has 0 unspecified atom stereocenters. The monoisotopic (exact) mass is 359 g/mol. The molecule has 0 aliphatic carbocycles. The number of fused-ring (bicyclic) bond motifs is 5. The van der Waals surface area contributed by atoms with Crippen LogP contribution in [0.1, 0.15) is 31.0 Å². The first kappa shape index (κ1) is 17.2. The molecule has 0 spiro atoms. The lowest BCUT2D eigenvalue weighted by atomic mass is 10.0. The number of hydrogen-bond donors (Lipinski definition) is 0. The molecule has 0 radical (unpaired) electrons. The van der Waals surface area contributed by atoms with Gasteiger partial charge in [0.15, 0.2) is 0 Å². The molecular weight excluding hydrogens is 338 g/mol. The Hall–Kier alpha value is -3.26. The summed E-state index contributed by atoms with van der Waals surface area (Å²) in [6.07, 6.45) is 2.87. The Labute approximate surface area is 157 Å². The first-order valence-electron chi connectivity index (χ1n) is 9.10. The smallest absolute Gasteiger partial charge is 0.146 e. The zero-order chi connectivity index (χ0) is 19.0. The summed E-state index contributed by atoms with van der Waals surface area (Å²) in [4.78, 5) is 4.88. The number of imidazole rings is 1. The van der Waals surface area contributed by atoms with Gasteiger partial charge < -0.3 is 9.47 Å². The van der Waals surface area contributed by atoms with Crippen LogP contribution in [0.3, 0.4) is 0 Å². The summed E-state index contributed by atoms with van der Waals surface area (Å²) in [7, 11) is 3.30.